The molecule has 0 spiro atoms. The Morgan fingerprint density at radius 1 is 1.12 bits per heavy atom. The average molecular weight is 544 g/mol. The first kappa shape index (κ1) is 23.1. The number of hydrogen-bond acceptors (Lipinski definition) is 3. The maximum Gasteiger partial charge on any atom is 0.573 e. The van der Waals surface area contributed by atoms with Crippen molar-refractivity contribution in [3.8, 4) is 5.75 Å². The van der Waals surface area contributed by atoms with E-state index in [4.69, 9.17) is 11.6 Å². The second-order valence-electron chi connectivity index (χ2n) is 7.02. The lowest BCUT2D eigenvalue weighted by Crippen LogP contribution is -2.21. The van der Waals surface area contributed by atoms with Crippen molar-refractivity contribution < 1.29 is 31.9 Å². The molecule has 0 saturated carbocycles. The van der Waals surface area contributed by atoms with Crippen LogP contribution >= 0.6 is 27.5 Å². The number of amides is 2. The third kappa shape index (κ3) is 4.96. The fraction of sp³-hybridized carbons (Fsp3) is 0.0909. The quantitative estimate of drug-likeness (QED) is 0.384. The first-order chi connectivity index (χ1) is 15.5. The van der Waals surface area contributed by atoms with Crippen LogP contribution in [0.2, 0.25) is 5.02 Å². The lowest BCUT2D eigenvalue weighted by molar-refractivity contribution is -0.274. The highest BCUT2D eigenvalue weighted by atomic mass is 79.9. The van der Waals surface area contributed by atoms with Crippen LogP contribution in [0.15, 0.2) is 59.1 Å². The van der Waals surface area contributed by atoms with E-state index in [0.717, 1.165) is 12.1 Å². The first-order valence-corrected chi connectivity index (χ1v) is 10.5. The number of carbonyl (C=O) groups excluding carboxylic acids is 2. The third-order valence-corrected chi connectivity index (χ3v) is 5.60. The number of nitrogens with one attached hydrogen (secondary N) is 2. The molecule has 4 rings (SSSR count). The zero-order valence-corrected chi connectivity index (χ0v) is 18.6. The number of carbonyl (C=O) groups is 2. The summed E-state index contributed by atoms with van der Waals surface area (Å²) in [6.07, 6.45) is -4.91. The second kappa shape index (κ2) is 8.68. The van der Waals surface area contributed by atoms with E-state index < -0.39 is 35.8 Å². The molecule has 3 aromatic rings. The second-order valence-corrected chi connectivity index (χ2v) is 8.34. The summed E-state index contributed by atoms with van der Waals surface area (Å²) in [5, 5.41) is 5.52. The van der Waals surface area contributed by atoms with Gasteiger partial charge in [0.1, 0.15) is 11.6 Å². The molecule has 0 saturated heterocycles. The molecule has 1 aliphatic rings. The van der Waals surface area contributed by atoms with Gasteiger partial charge in [0.15, 0.2) is 0 Å². The largest absolute Gasteiger partial charge is 0.573 e. The summed E-state index contributed by atoms with van der Waals surface area (Å²) < 4.78 is 55.7. The molecule has 0 radical (unpaired) electrons. The smallest absolute Gasteiger partial charge is 0.406 e. The van der Waals surface area contributed by atoms with Gasteiger partial charge in [0.25, 0.3) is 11.8 Å². The van der Waals surface area contributed by atoms with E-state index in [-0.39, 0.29) is 27.4 Å². The number of anilines is 1. The maximum absolute atomic E-state index is 13.9. The molecular weight excluding hydrogens is 532 g/mol. The molecule has 5 nitrogen and oxygen atoms in total. The zero-order chi connectivity index (χ0) is 23.9. The van der Waals surface area contributed by atoms with Gasteiger partial charge < -0.3 is 15.4 Å². The van der Waals surface area contributed by atoms with Crippen molar-refractivity contribution >= 4 is 45.0 Å². The predicted octanol–water partition coefficient (Wildman–Crippen LogP) is 6.23. The summed E-state index contributed by atoms with van der Waals surface area (Å²) in [7, 11) is 0. The first-order valence-electron chi connectivity index (χ1n) is 9.28. The Hall–Kier alpha value is -3.11. The van der Waals surface area contributed by atoms with E-state index in [9.17, 15) is 27.2 Å². The van der Waals surface area contributed by atoms with E-state index in [1.807, 2.05) is 0 Å². The van der Waals surface area contributed by atoms with Gasteiger partial charge in [-0.3, -0.25) is 9.59 Å². The maximum atomic E-state index is 13.9. The standard InChI is InChI=1S/C22H12BrClF4N2O3/c23-11-7-15-18(19(30-21(15)32)14-9-12(25)4-5-16(14)24)17(8-11)29-20(31)10-2-1-3-13(6-10)33-22(26,27)28/h1-9,19H,(H,29,31)(H,30,32). The number of benzene rings is 3. The van der Waals surface area contributed by atoms with Gasteiger partial charge in [0.05, 0.1) is 6.04 Å². The highest BCUT2D eigenvalue weighted by molar-refractivity contribution is 9.10. The molecule has 1 heterocycles. The zero-order valence-electron chi connectivity index (χ0n) is 16.3. The fourth-order valence-corrected chi connectivity index (χ4v) is 4.18. The molecule has 3 aromatic carbocycles. The Bertz CT molecular complexity index is 1280. The fourth-order valence-electron chi connectivity index (χ4n) is 3.50. The van der Waals surface area contributed by atoms with Crippen molar-refractivity contribution in [2.45, 2.75) is 12.4 Å². The molecule has 170 valence electrons. The van der Waals surface area contributed by atoms with Gasteiger partial charge in [-0.25, -0.2) is 4.39 Å². The number of hydrogen-bond donors (Lipinski definition) is 2. The van der Waals surface area contributed by atoms with Crippen LogP contribution in [0.5, 0.6) is 5.75 Å². The van der Waals surface area contributed by atoms with Crippen molar-refractivity contribution in [1.29, 1.82) is 0 Å². The van der Waals surface area contributed by atoms with E-state index in [0.29, 0.717) is 10.0 Å². The van der Waals surface area contributed by atoms with Gasteiger partial charge in [0, 0.05) is 37.4 Å². The molecule has 1 aliphatic heterocycles. The molecule has 0 aliphatic carbocycles. The Kier molecular flexibility index (Phi) is 6.06. The summed E-state index contributed by atoms with van der Waals surface area (Å²) in [4.78, 5) is 25.4. The Labute approximate surface area is 197 Å². The van der Waals surface area contributed by atoms with Gasteiger partial charge in [-0.05, 0) is 48.5 Å². The normalized spacial score (nSPS) is 15.1. The van der Waals surface area contributed by atoms with Gasteiger partial charge in [-0.15, -0.1) is 13.2 Å². The van der Waals surface area contributed by atoms with E-state index >= 15 is 0 Å². The Morgan fingerprint density at radius 2 is 1.88 bits per heavy atom. The van der Waals surface area contributed by atoms with E-state index in [2.05, 4.69) is 31.3 Å². The molecular formula is C22H12BrClF4N2O3. The lowest BCUT2D eigenvalue weighted by atomic mass is 9.96. The highest BCUT2D eigenvalue weighted by Crippen LogP contribution is 2.41. The molecule has 0 fully saturated rings. The molecule has 0 bridgehead atoms. The predicted molar refractivity (Wildman–Crippen MR) is 116 cm³/mol. The number of halogens is 6. The van der Waals surface area contributed by atoms with Crippen molar-refractivity contribution in [3.05, 3.63) is 92.2 Å². The van der Waals surface area contributed by atoms with Crippen LogP contribution < -0.4 is 15.4 Å². The third-order valence-electron chi connectivity index (χ3n) is 4.80. The van der Waals surface area contributed by atoms with Crippen LogP contribution in [-0.4, -0.2) is 18.2 Å². The summed E-state index contributed by atoms with van der Waals surface area (Å²) in [5.41, 5.74) is 0.923. The summed E-state index contributed by atoms with van der Waals surface area (Å²) >= 11 is 9.50. The lowest BCUT2D eigenvalue weighted by Gasteiger charge is -2.18. The average Bonchev–Trinajstić information content (AvgIpc) is 3.05. The minimum absolute atomic E-state index is 0.108. The Morgan fingerprint density at radius 3 is 2.61 bits per heavy atom. The van der Waals surface area contributed by atoms with Crippen molar-refractivity contribution in [2.24, 2.45) is 0 Å². The number of ether oxygens (including phenoxy) is 1. The molecule has 1 unspecified atom stereocenters. The number of fused-ring (bicyclic) bond motifs is 1. The Balaban J connectivity index is 1.72. The van der Waals surface area contributed by atoms with E-state index in [1.165, 1.54) is 42.5 Å². The van der Waals surface area contributed by atoms with Crippen LogP contribution in [0.4, 0.5) is 23.2 Å². The molecule has 1 atom stereocenters. The van der Waals surface area contributed by atoms with Crippen LogP contribution in [0, 0.1) is 5.82 Å². The number of alkyl halides is 3. The molecule has 11 heteroatoms. The van der Waals surface area contributed by atoms with Crippen LogP contribution in [0.25, 0.3) is 0 Å². The van der Waals surface area contributed by atoms with Crippen molar-refractivity contribution in [2.75, 3.05) is 5.32 Å². The van der Waals surface area contributed by atoms with E-state index in [1.54, 1.807) is 0 Å². The van der Waals surface area contributed by atoms with Crippen LogP contribution in [-0.2, 0) is 0 Å². The minimum atomic E-state index is -4.91. The van der Waals surface area contributed by atoms with Gasteiger partial charge in [0.2, 0.25) is 0 Å². The van der Waals surface area contributed by atoms with Crippen LogP contribution in [0.1, 0.15) is 37.9 Å². The highest BCUT2D eigenvalue weighted by Gasteiger charge is 2.35. The van der Waals surface area contributed by atoms with Gasteiger partial charge >= 0.3 is 6.36 Å². The van der Waals surface area contributed by atoms with Gasteiger partial charge in [-0.2, -0.15) is 0 Å². The summed E-state index contributed by atoms with van der Waals surface area (Å²) in [6, 6.07) is 10.4. The van der Waals surface area contributed by atoms with Gasteiger partial charge in [-0.1, -0.05) is 33.6 Å². The molecule has 33 heavy (non-hydrogen) atoms. The topological polar surface area (TPSA) is 67.4 Å². The molecule has 0 aromatic heterocycles. The van der Waals surface area contributed by atoms with Crippen molar-refractivity contribution in [1.82, 2.24) is 5.32 Å². The SMILES string of the molecule is O=C(Nc1cc(Br)cc2c1C(c1cc(F)ccc1Cl)NC2=O)c1cccc(OC(F)(F)F)c1. The minimum Gasteiger partial charge on any atom is -0.406 e. The molecule has 2 amide bonds. The summed E-state index contributed by atoms with van der Waals surface area (Å²) in [5.74, 6) is -2.34. The summed E-state index contributed by atoms with van der Waals surface area (Å²) in [6.45, 7) is 0. The van der Waals surface area contributed by atoms with Crippen molar-refractivity contribution in [3.63, 3.8) is 0 Å². The molecule has 2 N–H and O–H groups in total. The monoisotopic (exact) mass is 542 g/mol. The van der Waals surface area contributed by atoms with Crippen LogP contribution in [0.3, 0.4) is 0 Å². The number of rotatable bonds is 4.